The molecule has 0 aliphatic carbocycles. The van der Waals surface area contributed by atoms with Crippen LogP contribution in [0.15, 0.2) is 24.3 Å². The molecule has 0 saturated carbocycles. The first kappa shape index (κ1) is 12.6. The summed E-state index contributed by atoms with van der Waals surface area (Å²) in [5.74, 6) is 0. The van der Waals surface area contributed by atoms with Gasteiger partial charge in [0.25, 0.3) is 0 Å². The van der Waals surface area contributed by atoms with Crippen LogP contribution in [0.1, 0.15) is 21.1 Å². The number of nitrogens with zero attached hydrogens (tertiary/aromatic N) is 2. The summed E-state index contributed by atoms with van der Waals surface area (Å²) in [7, 11) is 4.15. The largest absolute Gasteiger partial charge is 0.378 e. The van der Waals surface area contributed by atoms with Crippen molar-refractivity contribution in [1.82, 2.24) is 10.3 Å². The molecule has 1 aromatic carbocycles. The molecule has 0 atom stereocenters. The number of fused-ring (bicyclic) bond motifs is 1. The van der Waals surface area contributed by atoms with Crippen LogP contribution in [0, 0.1) is 0 Å². The SMILES string of the molecule is CN(C)c1cccc(Cc2nc3c(s2)CNCC3)c1. The van der Waals surface area contributed by atoms with Crippen molar-refractivity contribution in [2.24, 2.45) is 0 Å². The number of hydrogen-bond donors (Lipinski definition) is 1. The molecule has 1 aromatic heterocycles. The molecule has 2 heterocycles. The zero-order chi connectivity index (χ0) is 13.2. The van der Waals surface area contributed by atoms with Gasteiger partial charge in [-0.05, 0) is 17.7 Å². The van der Waals surface area contributed by atoms with Crippen LogP contribution in [0.5, 0.6) is 0 Å². The Balaban J connectivity index is 1.81. The molecule has 0 spiro atoms. The van der Waals surface area contributed by atoms with Crippen LogP contribution in [0.4, 0.5) is 5.69 Å². The highest BCUT2D eigenvalue weighted by Gasteiger charge is 2.14. The van der Waals surface area contributed by atoms with Crippen LogP contribution >= 0.6 is 11.3 Å². The van der Waals surface area contributed by atoms with Gasteiger partial charge in [-0.1, -0.05) is 12.1 Å². The van der Waals surface area contributed by atoms with Crippen molar-refractivity contribution >= 4 is 17.0 Å². The molecule has 1 aliphatic heterocycles. The monoisotopic (exact) mass is 273 g/mol. The van der Waals surface area contributed by atoms with E-state index in [0.717, 1.165) is 25.9 Å². The Bertz CT molecular complexity index is 551. The number of nitrogens with one attached hydrogen (secondary N) is 1. The quantitative estimate of drug-likeness (QED) is 0.931. The Morgan fingerprint density at radius 2 is 2.26 bits per heavy atom. The molecule has 1 aliphatic rings. The van der Waals surface area contributed by atoms with Gasteiger partial charge < -0.3 is 10.2 Å². The maximum absolute atomic E-state index is 4.79. The number of aromatic nitrogens is 1. The molecule has 0 amide bonds. The summed E-state index contributed by atoms with van der Waals surface area (Å²) in [5.41, 5.74) is 3.90. The summed E-state index contributed by atoms with van der Waals surface area (Å²) in [6.45, 7) is 2.05. The summed E-state index contributed by atoms with van der Waals surface area (Å²) < 4.78 is 0. The fourth-order valence-corrected chi connectivity index (χ4v) is 3.49. The Labute approximate surface area is 118 Å². The van der Waals surface area contributed by atoms with Crippen molar-refractivity contribution < 1.29 is 0 Å². The maximum atomic E-state index is 4.79. The highest BCUT2D eigenvalue weighted by atomic mass is 32.1. The molecule has 100 valence electrons. The van der Waals surface area contributed by atoms with Crippen LogP contribution in [-0.2, 0) is 19.4 Å². The first-order chi connectivity index (χ1) is 9.22. The van der Waals surface area contributed by atoms with Gasteiger partial charge in [0.1, 0.15) is 0 Å². The average Bonchev–Trinajstić information content (AvgIpc) is 2.81. The van der Waals surface area contributed by atoms with E-state index in [2.05, 4.69) is 48.6 Å². The lowest BCUT2D eigenvalue weighted by Gasteiger charge is -2.13. The second-order valence-electron chi connectivity index (χ2n) is 5.15. The molecule has 0 radical (unpaired) electrons. The lowest BCUT2D eigenvalue weighted by molar-refractivity contribution is 0.643. The van der Waals surface area contributed by atoms with E-state index in [4.69, 9.17) is 4.98 Å². The molecule has 3 rings (SSSR count). The van der Waals surface area contributed by atoms with Crippen LogP contribution in [0.25, 0.3) is 0 Å². The Hall–Kier alpha value is -1.39. The lowest BCUT2D eigenvalue weighted by atomic mass is 10.1. The standard InChI is InChI=1S/C15H19N3S/c1-18(2)12-5-3-4-11(8-12)9-15-17-13-6-7-16-10-14(13)19-15/h3-5,8,16H,6-7,9-10H2,1-2H3. The number of anilines is 1. The van der Waals surface area contributed by atoms with Gasteiger partial charge in [0.15, 0.2) is 0 Å². The van der Waals surface area contributed by atoms with E-state index in [9.17, 15) is 0 Å². The van der Waals surface area contributed by atoms with Crippen molar-refractivity contribution in [3.05, 3.63) is 45.4 Å². The highest BCUT2D eigenvalue weighted by Crippen LogP contribution is 2.24. The summed E-state index contributed by atoms with van der Waals surface area (Å²) in [6.07, 6.45) is 2.02. The molecule has 0 saturated heterocycles. The second kappa shape index (κ2) is 5.31. The zero-order valence-corrected chi connectivity index (χ0v) is 12.3. The van der Waals surface area contributed by atoms with E-state index in [0.29, 0.717) is 0 Å². The van der Waals surface area contributed by atoms with Gasteiger partial charge in [0.2, 0.25) is 0 Å². The lowest BCUT2D eigenvalue weighted by Crippen LogP contribution is -2.22. The van der Waals surface area contributed by atoms with Gasteiger partial charge in [-0.15, -0.1) is 11.3 Å². The number of thiazole rings is 1. The summed E-state index contributed by atoms with van der Waals surface area (Å²) >= 11 is 1.86. The third-order valence-corrected chi connectivity index (χ3v) is 4.53. The third-order valence-electron chi connectivity index (χ3n) is 3.43. The average molecular weight is 273 g/mol. The predicted molar refractivity (Wildman–Crippen MR) is 81.1 cm³/mol. The molecular formula is C15H19N3S. The molecule has 0 bridgehead atoms. The van der Waals surface area contributed by atoms with Gasteiger partial charge in [-0.25, -0.2) is 4.98 Å². The number of benzene rings is 1. The first-order valence-corrected chi connectivity index (χ1v) is 7.48. The number of hydrogen-bond acceptors (Lipinski definition) is 4. The Morgan fingerprint density at radius 3 is 3.05 bits per heavy atom. The minimum absolute atomic E-state index is 0.944. The van der Waals surface area contributed by atoms with E-state index in [-0.39, 0.29) is 0 Å². The minimum Gasteiger partial charge on any atom is -0.378 e. The van der Waals surface area contributed by atoms with Gasteiger partial charge in [-0.3, -0.25) is 0 Å². The summed E-state index contributed by atoms with van der Waals surface area (Å²) in [4.78, 5) is 8.35. The van der Waals surface area contributed by atoms with Crippen LogP contribution < -0.4 is 10.2 Å². The van der Waals surface area contributed by atoms with Crippen LogP contribution in [-0.4, -0.2) is 25.6 Å². The van der Waals surface area contributed by atoms with Crippen molar-refractivity contribution in [2.75, 3.05) is 25.5 Å². The van der Waals surface area contributed by atoms with Crippen LogP contribution in [0.3, 0.4) is 0 Å². The fraction of sp³-hybridized carbons (Fsp3) is 0.400. The van der Waals surface area contributed by atoms with Gasteiger partial charge >= 0.3 is 0 Å². The Morgan fingerprint density at radius 1 is 1.37 bits per heavy atom. The fourth-order valence-electron chi connectivity index (χ4n) is 2.37. The van der Waals surface area contributed by atoms with Gasteiger partial charge in [-0.2, -0.15) is 0 Å². The molecule has 0 fully saturated rings. The highest BCUT2D eigenvalue weighted by molar-refractivity contribution is 7.11. The van der Waals surface area contributed by atoms with E-state index in [1.54, 1.807) is 0 Å². The molecule has 4 heteroatoms. The Kier molecular flexibility index (Phi) is 3.53. The topological polar surface area (TPSA) is 28.2 Å². The molecule has 19 heavy (non-hydrogen) atoms. The molecule has 2 aromatic rings. The molecular weight excluding hydrogens is 254 g/mol. The van der Waals surface area contributed by atoms with Crippen molar-refractivity contribution in [1.29, 1.82) is 0 Å². The zero-order valence-electron chi connectivity index (χ0n) is 11.4. The van der Waals surface area contributed by atoms with Gasteiger partial charge in [0.05, 0.1) is 10.7 Å². The van der Waals surface area contributed by atoms with E-state index in [1.807, 2.05) is 11.3 Å². The van der Waals surface area contributed by atoms with Crippen LogP contribution in [0.2, 0.25) is 0 Å². The summed E-state index contributed by atoms with van der Waals surface area (Å²) in [6, 6.07) is 8.70. The van der Waals surface area contributed by atoms with E-state index < -0.39 is 0 Å². The smallest absolute Gasteiger partial charge is 0.0975 e. The van der Waals surface area contributed by atoms with Gasteiger partial charge in [0, 0.05) is 50.6 Å². The third kappa shape index (κ3) is 2.80. The van der Waals surface area contributed by atoms with Crippen molar-refractivity contribution in [2.45, 2.75) is 19.4 Å². The van der Waals surface area contributed by atoms with E-state index >= 15 is 0 Å². The normalized spacial score (nSPS) is 14.2. The van der Waals surface area contributed by atoms with Crippen molar-refractivity contribution in [3.8, 4) is 0 Å². The van der Waals surface area contributed by atoms with Crippen molar-refractivity contribution in [3.63, 3.8) is 0 Å². The molecule has 0 unspecified atom stereocenters. The number of rotatable bonds is 3. The maximum Gasteiger partial charge on any atom is 0.0975 e. The first-order valence-electron chi connectivity index (χ1n) is 6.67. The predicted octanol–water partition coefficient (Wildman–Crippen LogP) is 2.45. The molecule has 3 nitrogen and oxygen atoms in total. The summed E-state index contributed by atoms with van der Waals surface area (Å²) in [5, 5.41) is 4.65. The minimum atomic E-state index is 0.944. The van der Waals surface area contributed by atoms with E-state index in [1.165, 1.54) is 26.8 Å². The molecule has 1 N–H and O–H groups in total. The second-order valence-corrected chi connectivity index (χ2v) is 6.31.